The van der Waals surface area contributed by atoms with Crippen LogP contribution >= 0.6 is 0 Å². The van der Waals surface area contributed by atoms with Crippen molar-refractivity contribution in [2.24, 2.45) is 0 Å². The number of benzene rings is 2. The van der Waals surface area contributed by atoms with E-state index in [9.17, 15) is 9.90 Å². The van der Waals surface area contributed by atoms with Crippen molar-refractivity contribution in [2.45, 2.75) is 20.8 Å². The van der Waals surface area contributed by atoms with Crippen LogP contribution in [0, 0.1) is 20.8 Å². The molecule has 0 aromatic heterocycles. The standard InChI is InChI=1S/C18H18O2/c1-12-5-4-6-15(9-12)11-17(18(19)20)16-8-7-13(2)14(3)10-16/h4-11H,1-3H3,(H,19,20)/b17-11-. The summed E-state index contributed by atoms with van der Waals surface area (Å²) >= 11 is 0. The summed E-state index contributed by atoms with van der Waals surface area (Å²) in [4.78, 5) is 11.5. The fraction of sp³-hybridized carbons (Fsp3) is 0.167. The first-order valence-corrected chi connectivity index (χ1v) is 6.56. The van der Waals surface area contributed by atoms with Gasteiger partial charge in [-0.25, -0.2) is 4.79 Å². The van der Waals surface area contributed by atoms with Gasteiger partial charge in [-0.2, -0.15) is 0 Å². The van der Waals surface area contributed by atoms with Gasteiger partial charge in [-0.1, -0.05) is 48.0 Å². The molecule has 0 aliphatic carbocycles. The molecule has 0 atom stereocenters. The molecule has 20 heavy (non-hydrogen) atoms. The lowest BCUT2D eigenvalue weighted by molar-refractivity contribution is -0.130. The predicted molar refractivity (Wildman–Crippen MR) is 82.6 cm³/mol. The van der Waals surface area contributed by atoms with Crippen molar-refractivity contribution in [3.05, 3.63) is 70.3 Å². The summed E-state index contributed by atoms with van der Waals surface area (Å²) in [6.45, 7) is 6.00. The molecule has 0 unspecified atom stereocenters. The molecule has 0 heterocycles. The molecule has 0 aliphatic heterocycles. The minimum Gasteiger partial charge on any atom is -0.478 e. The van der Waals surface area contributed by atoms with Crippen molar-refractivity contribution in [3.63, 3.8) is 0 Å². The van der Waals surface area contributed by atoms with E-state index in [4.69, 9.17) is 0 Å². The summed E-state index contributed by atoms with van der Waals surface area (Å²) in [5.74, 6) is -0.908. The topological polar surface area (TPSA) is 37.3 Å². The van der Waals surface area contributed by atoms with E-state index >= 15 is 0 Å². The highest BCUT2D eigenvalue weighted by Crippen LogP contribution is 2.21. The normalized spacial score (nSPS) is 11.4. The second kappa shape index (κ2) is 5.74. The van der Waals surface area contributed by atoms with Crippen molar-refractivity contribution >= 4 is 17.6 Å². The molecule has 0 bridgehead atoms. The quantitative estimate of drug-likeness (QED) is 0.666. The lowest BCUT2D eigenvalue weighted by Gasteiger charge is -2.07. The monoisotopic (exact) mass is 266 g/mol. The van der Waals surface area contributed by atoms with Crippen LogP contribution in [-0.4, -0.2) is 11.1 Å². The van der Waals surface area contributed by atoms with Crippen molar-refractivity contribution in [1.82, 2.24) is 0 Å². The number of hydrogen-bond acceptors (Lipinski definition) is 1. The molecule has 2 nitrogen and oxygen atoms in total. The fourth-order valence-electron chi connectivity index (χ4n) is 2.10. The molecule has 0 radical (unpaired) electrons. The average molecular weight is 266 g/mol. The molecule has 2 aromatic carbocycles. The van der Waals surface area contributed by atoms with Crippen LogP contribution in [0.4, 0.5) is 0 Å². The number of carbonyl (C=O) groups is 1. The molecule has 0 amide bonds. The highest BCUT2D eigenvalue weighted by atomic mass is 16.4. The van der Waals surface area contributed by atoms with Crippen LogP contribution in [0.1, 0.15) is 27.8 Å². The zero-order valence-corrected chi connectivity index (χ0v) is 12.0. The molecule has 0 saturated heterocycles. The number of rotatable bonds is 3. The fourth-order valence-corrected chi connectivity index (χ4v) is 2.10. The largest absolute Gasteiger partial charge is 0.478 e. The van der Waals surface area contributed by atoms with E-state index in [2.05, 4.69) is 0 Å². The Hall–Kier alpha value is -2.35. The van der Waals surface area contributed by atoms with Crippen LogP contribution in [0.15, 0.2) is 42.5 Å². The Morgan fingerprint density at radius 1 is 1.00 bits per heavy atom. The van der Waals surface area contributed by atoms with Crippen molar-refractivity contribution in [1.29, 1.82) is 0 Å². The molecule has 2 rings (SSSR count). The molecule has 102 valence electrons. The van der Waals surface area contributed by atoms with Gasteiger partial charge >= 0.3 is 5.97 Å². The summed E-state index contributed by atoms with van der Waals surface area (Å²) in [7, 11) is 0. The highest BCUT2D eigenvalue weighted by molar-refractivity contribution is 6.20. The van der Waals surface area contributed by atoms with Crippen LogP contribution in [-0.2, 0) is 4.79 Å². The Kier molecular flexibility index (Phi) is 4.04. The van der Waals surface area contributed by atoms with Gasteiger partial charge in [0.2, 0.25) is 0 Å². The van der Waals surface area contributed by atoms with E-state index in [-0.39, 0.29) is 0 Å². The zero-order valence-electron chi connectivity index (χ0n) is 12.0. The maximum atomic E-state index is 11.5. The van der Waals surface area contributed by atoms with Crippen LogP contribution in [0.2, 0.25) is 0 Å². The first-order chi connectivity index (χ1) is 9.47. The molecule has 0 aliphatic rings. The number of hydrogen-bond donors (Lipinski definition) is 1. The van der Waals surface area contributed by atoms with Gasteiger partial charge in [0.05, 0.1) is 5.57 Å². The van der Waals surface area contributed by atoms with Gasteiger partial charge in [-0.05, 0) is 49.1 Å². The van der Waals surface area contributed by atoms with Crippen molar-refractivity contribution in [2.75, 3.05) is 0 Å². The molecule has 0 spiro atoms. The lowest BCUT2D eigenvalue weighted by atomic mass is 9.98. The Bertz CT molecular complexity index is 682. The third-order valence-corrected chi connectivity index (χ3v) is 3.40. The maximum Gasteiger partial charge on any atom is 0.336 e. The van der Waals surface area contributed by atoms with Gasteiger partial charge in [0, 0.05) is 0 Å². The predicted octanol–water partition coefficient (Wildman–Crippen LogP) is 4.24. The summed E-state index contributed by atoms with van der Waals surface area (Å²) in [5.41, 5.74) is 5.33. The lowest BCUT2D eigenvalue weighted by Crippen LogP contribution is -2.00. The Morgan fingerprint density at radius 3 is 2.35 bits per heavy atom. The smallest absolute Gasteiger partial charge is 0.336 e. The van der Waals surface area contributed by atoms with Crippen molar-refractivity contribution in [3.8, 4) is 0 Å². The summed E-state index contributed by atoms with van der Waals surface area (Å²) in [6, 6.07) is 13.6. The average Bonchev–Trinajstić information content (AvgIpc) is 2.39. The molecule has 1 N–H and O–H groups in total. The number of aliphatic carboxylic acids is 1. The zero-order chi connectivity index (χ0) is 14.7. The summed E-state index contributed by atoms with van der Waals surface area (Å²) < 4.78 is 0. The van der Waals surface area contributed by atoms with Gasteiger partial charge in [0.25, 0.3) is 0 Å². The molecule has 0 saturated carbocycles. The second-order valence-corrected chi connectivity index (χ2v) is 5.08. The van der Waals surface area contributed by atoms with E-state index in [1.807, 2.05) is 63.2 Å². The van der Waals surface area contributed by atoms with E-state index < -0.39 is 5.97 Å². The molecular formula is C18H18O2. The maximum absolute atomic E-state index is 11.5. The van der Waals surface area contributed by atoms with E-state index in [0.29, 0.717) is 5.57 Å². The van der Waals surface area contributed by atoms with Crippen LogP contribution in [0.25, 0.3) is 11.6 Å². The SMILES string of the molecule is Cc1cccc(/C=C(\C(=O)O)c2ccc(C)c(C)c2)c1. The van der Waals surface area contributed by atoms with E-state index in [1.165, 1.54) is 0 Å². The van der Waals surface area contributed by atoms with Gasteiger partial charge in [0.15, 0.2) is 0 Å². The number of carboxylic acid groups (broad SMARTS) is 1. The van der Waals surface area contributed by atoms with Gasteiger partial charge < -0.3 is 5.11 Å². The van der Waals surface area contributed by atoms with Crippen LogP contribution < -0.4 is 0 Å². The van der Waals surface area contributed by atoms with Crippen LogP contribution in [0.5, 0.6) is 0 Å². The van der Waals surface area contributed by atoms with E-state index in [0.717, 1.165) is 27.8 Å². The molecule has 0 fully saturated rings. The third-order valence-electron chi connectivity index (χ3n) is 3.40. The van der Waals surface area contributed by atoms with Gasteiger partial charge in [-0.3, -0.25) is 0 Å². The molecule has 2 aromatic rings. The van der Waals surface area contributed by atoms with Gasteiger partial charge in [0.1, 0.15) is 0 Å². The minimum atomic E-state index is -0.908. The van der Waals surface area contributed by atoms with E-state index in [1.54, 1.807) is 6.08 Å². The van der Waals surface area contributed by atoms with Crippen LogP contribution in [0.3, 0.4) is 0 Å². The first-order valence-electron chi connectivity index (χ1n) is 6.56. The Morgan fingerprint density at radius 2 is 1.75 bits per heavy atom. The Balaban J connectivity index is 2.51. The number of aryl methyl sites for hydroxylation is 3. The van der Waals surface area contributed by atoms with Gasteiger partial charge in [-0.15, -0.1) is 0 Å². The first kappa shape index (κ1) is 14.1. The Labute approximate surface area is 119 Å². The van der Waals surface area contributed by atoms with Crippen molar-refractivity contribution < 1.29 is 9.90 Å². The summed E-state index contributed by atoms with van der Waals surface area (Å²) in [6.07, 6.45) is 1.72. The molecular weight excluding hydrogens is 248 g/mol. The summed E-state index contributed by atoms with van der Waals surface area (Å²) in [5, 5.41) is 9.45. The number of carboxylic acids is 1. The molecule has 2 heteroatoms. The third kappa shape index (κ3) is 3.15. The minimum absolute atomic E-state index is 0.318. The highest BCUT2D eigenvalue weighted by Gasteiger charge is 2.11. The second-order valence-electron chi connectivity index (χ2n) is 5.08.